The van der Waals surface area contributed by atoms with E-state index in [4.69, 9.17) is 14.2 Å². The Labute approximate surface area is 184 Å². The molecule has 31 heavy (non-hydrogen) atoms. The molecule has 0 atom stereocenters. The molecule has 0 spiro atoms. The number of methoxy groups -OCH3 is 1. The molecule has 1 aliphatic heterocycles. The molecule has 0 radical (unpaired) electrons. The molecule has 4 rings (SSSR count). The molecule has 1 aliphatic rings. The number of anilines is 1. The van der Waals surface area contributed by atoms with E-state index in [1.54, 1.807) is 31.4 Å². The maximum absolute atomic E-state index is 12.3. The van der Waals surface area contributed by atoms with E-state index in [1.807, 2.05) is 30.7 Å². The van der Waals surface area contributed by atoms with Crippen molar-refractivity contribution in [1.29, 1.82) is 0 Å². The number of rotatable bonds is 6. The number of aromatic nitrogens is 3. The molecule has 0 aliphatic carbocycles. The van der Waals surface area contributed by atoms with Gasteiger partial charge in [-0.3, -0.25) is 4.79 Å². The topological polar surface area (TPSA) is 87.5 Å². The molecule has 3 aromatic rings. The largest absolute Gasteiger partial charge is 0.497 e. The van der Waals surface area contributed by atoms with Gasteiger partial charge in [-0.05, 0) is 48.9 Å². The second-order valence-electron chi connectivity index (χ2n) is 7.09. The molecule has 1 N–H and O–H groups in total. The van der Waals surface area contributed by atoms with E-state index in [0.29, 0.717) is 35.6 Å². The Kier molecular flexibility index (Phi) is 6.31. The van der Waals surface area contributed by atoms with Crippen LogP contribution in [0.4, 0.5) is 5.69 Å². The van der Waals surface area contributed by atoms with Crippen molar-refractivity contribution >= 4 is 23.4 Å². The van der Waals surface area contributed by atoms with Crippen molar-refractivity contribution in [3.8, 4) is 28.6 Å². The predicted molar refractivity (Wildman–Crippen MR) is 119 cm³/mol. The van der Waals surface area contributed by atoms with E-state index in [1.165, 1.54) is 11.8 Å². The van der Waals surface area contributed by atoms with E-state index >= 15 is 0 Å². The number of nitrogens with one attached hydrogen (secondary N) is 1. The molecule has 2 heterocycles. The molecule has 1 aromatic heterocycles. The molecule has 0 saturated heterocycles. The van der Waals surface area contributed by atoms with E-state index < -0.39 is 0 Å². The highest BCUT2D eigenvalue weighted by molar-refractivity contribution is 7.99. The van der Waals surface area contributed by atoms with E-state index in [9.17, 15) is 4.79 Å². The van der Waals surface area contributed by atoms with Crippen molar-refractivity contribution in [3.05, 3.63) is 42.0 Å². The van der Waals surface area contributed by atoms with Crippen LogP contribution < -0.4 is 19.5 Å². The summed E-state index contributed by atoms with van der Waals surface area (Å²) in [5, 5.41) is 12.1. The highest BCUT2D eigenvalue weighted by atomic mass is 32.2. The monoisotopic (exact) mass is 440 g/mol. The third-order valence-corrected chi connectivity index (χ3v) is 5.90. The van der Waals surface area contributed by atoms with Crippen LogP contribution in [-0.4, -0.2) is 46.7 Å². The van der Waals surface area contributed by atoms with Gasteiger partial charge in [-0.1, -0.05) is 11.8 Å². The number of thioether (sulfide) groups is 1. The van der Waals surface area contributed by atoms with Gasteiger partial charge in [0.15, 0.2) is 22.5 Å². The zero-order valence-electron chi connectivity index (χ0n) is 17.7. The van der Waals surface area contributed by atoms with Crippen molar-refractivity contribution in [2.45, 2.75) is 18.5 Å². The summed E-state index contributed by atoms with van der Waals surface area (Å²) in [6, 6.07) is 11.1. The first-order chi connectivity index (χ1) is 15.0. The van der Waals surface area contributed by atoms with Gasteiger partial charge < -0.3 is 24.1 Å². The van der Waals surface area contributed by atoms with E-state index in [2.05, 4.69) is 15.5 Å². The van der Waals surface area contributed by atoms with Crippen LogP contribution in [0.3, 0.4) is 0 Å². The maximum atomic E-state index is 12.3. The number of hydrogen-bond acceptors (Lipinski definition) is 7. The summed E-state index contributed by atoms with van der Waals surface area (Å²) in [6.07, 6.45) is 0.854. The van der Waals surface area contributed by atoms with Crippen molar-refractivity contribution in [2.24, 2.45) is 7.05 Å². The fraction of sp³-hybridized carbons (Fsp3) is 0.318. The molecule has 0 unspecified atom stereocenters. The Balaban J connectivity index is 1.44. The summed E-state index contributed by atoms with van der Waals surface area (Å²) < 4.78 is 18.6. The van der Waals surface area contributed by atoms with E-state index in [-0.39, 0.29) is 11.7 Å². The Bertz CT molecular complexity index is 1080. The van der Waals surface area contributed by atoms with E-state index in [0.717, 1.165) is 29.0 Å². The molecular formula is C22H24N4O4S. The van der Waals surface area contributed by atoms with Gasteiger partial charge in [-0.25, -0.2) is 0 Å². The lowest BCUT2D eigenvalue weighted by Gasteiger charge is -2.12. The first-order valence-electron chi connectivity index (χ1n) is 9.92. The SMILES string of the molecule is COc1ccc(NC(=O)CSc2nnc(-c3cc4c(cc3C)OCCCO4)n2C)cc1. The smallest absolute Gasteiger partial charge is 0.234 e. The fourth-order valence-corrected chi connectivity index (χ4v) is 3.94. The molecule has 0 saturated carbocycles. The quantitative estimate of drug-likeness (QED) is 0.585. The van der Waals surface area contributed by atoms with Crippen LogP contribution in [0.2, 0.25) is 0 Å². The Morgan fingerprint density at radius 2 is 1.87 bits per heavy atom. The zero-order chi connectivity index (χ0) is 21.8. The average molecular weight is 441 g/mol. The lowest BCUT2D eigenvalue weighted by Crippen LogP contribution is -2.14. The van der Waals surface area contributed by atoms with Crippen molar-refractivity contribution < 1.29 is 19.0 Å². The Morgan fingerprint density at radius 3 is 2.58 bits per heavy atom. The van der Waals surface area contributed by atoms with Crippen LogP contribution in [0.25, 0.3) is 11.4 Å². The maximum Gasteiger partial charge on any atom is 0.234 e. The molecule has 9 heteroatoms. The second kappa shape index (κ2) is 9.30. The third kappa shape index (κ3) is 4.77. The minimum absolute atomic E-state index is 0.119. The van der Waals surface area contributed by atoms with Gasteiger partial charge in [0.1, 0.15) is 5.75 Å². The number of benzene rings is 2. The summed E-state index contributed by atoms with van der Waals surface area (Å²) in [5.74, 6) is 3.03. The van der Waals surface area contributed by atoms with Gasteiger partial charge >= 0.3 is 0 Å². The minimum atomic E-state index is -0.119. The third-order valence-electron chi connectivity index (χ3n) is 4.88. The van der Waals surface area contributed by atoms with Crippen molar-refractivity contribution in [3.63, 3.8) is 0 Å². The lowest BCUT2D eigenvalue weighted by molar-refractivity contribution is -0.113. The molecule has 8 nitrogen and oxygen atoms in total. The van der Waals surface area contributed by atoms with Crippen LogP contribution in [-0.2, 0) is 11.8 Å². The van der Waals surface area contributed by atoms with Crippen LogP contribution in [0, 0.1) is 6.92 Å². The van der Waals surface area contributed by atoms with Crippen LogP contribution >= 0.6 is 11.8 Å². The highest BCUT2D eigenvalue weighted by Gasteiger charge is 2.19. The average Bonchev–Trinajstić information content (AvgIpc) is 2.98. The number of amides is 1. The molecule has 1 amide bonds. The predicted octanol–water partition coefficient (Wildman–Crippen LogP) is 3.69. The molecule has 0 bridgehead atoms. The van der Waals surface area contributed by atoms with Gasteiger partial charge in [0.05, 0.1) is 26.1 Å². The van der Waals surface area contributed by atoms with Gasteiger partial charge in [-0.15, -0.1) is 10.2 Å². The number of aryl methyl sites for hydroxylation is 1. The zero-order valence-corrected chi connectivity index (χ0v) is 18.5. The standard InChI is InChI=1S/C22H24N4O4S/c1-14-11-18-19(30-10-4-9-29-18)12-17(14)21-24-25-22(26(21)2)31-13-20(27)23-15-5-7-16(28-3)8-6-15/h5-8,11-12H,4,9-10,13H2,1-3H3,(H,23,27). The number of fused-ring (bicyclic) bond motifs is 1. The van der Waals surface area contributed by atoms with Gasteiger partial charge in [0, 0.05) is 24.7 Å². The first kappa shape index (κ1) is 21.0. The number of hydrogen-bond donors (Lipinski definition) is 1. The van der Waals surface area contributed by atoms with Crippen LogP contribution in [0.5, 0.6) is 17.2 Å². The van der Waals surface area contributed by atoms with Crippen molar-refractivity contribution in [1.82, 2.24) is 14.8 Å². The first-order valence-corrected chi connectivity index (χ1v) is 10.9. The molecule has 162 valence electrons. The summed E-state index contributed by atoms with van der Waals surface area (Å²) in [4.78, 5) is 12.3. The lowest BCUT2D eigenvalue weighted by atomic mass is 10.1. The normalized spacial score (nSPS) is 12.9. The number of ether oxygens (including phenoxy) is 3. The van der Waals surface area contributed by atoms with Crippen LogP contribution in [0.15, 0.2) is 41.6 Å². The number of nitrogens with zero attached hydrogens (tertiary/aromatic N) is 3. The van der Waals surface area contributed by atoms with Gasteiger partial charge in [0.2, 0.25) is 5.91 Å². The Hall–Kier alpha value is -3.20. The van der Waals surface area contributed by atoms with Crippen LogP contribution in [0.1, 0.15) is 12.0 Å². The molecular weight excluding hydrogens is 416 g/mol. The molecule has 0 fully saturated rings. The minimum Gasteiger partial charge on any atom is -0.497 e. The number of carbonyl (C=O) groups excluding carboxylic acids is 1. The summed E-state index contributed by atoms with van der Waals surface area (Å²) >= 11 is 1.33. The molecule has 2 aromatic carbocycles. The van der Waals surface area contributed by atoms with Crippen molar-refractivity contribution in [2.75, 3.05) is 31.4 Å². The number of carbonyl (C=O) groups is 1. The highest BCUT2D eigenvalue weighted by Crippen LogP contribution is 2.37. The summed E-state index contributed by atoms with van der Waals surface area (Å²) in [7, 11) is 3.49. The summed E-state index contributed by atoms with van der Waals surface area (Å²) in [5.41, 5.74) is 2.66. The second-order valence-corrected chi connectivity index (χ2v) is 8.04. The Morgan fingerprint density at radius 1 is 1.16 bits per heavy atom. The fourth-order valence-electron chi connectivity index (χ4n) is 3.23. The van der Waals surface area contributed by atoms with Gasteiger partial charge in [-0.2, -0.15) is 0 Å². The van der Waals surface area contributed by atoms with Gasteiger partial charge in [0.25, 0.3) is 0 Å². The summed E-state index contributed by atoms with van der Waals surface area (Å²) in [6.45, 7) is 3.28.